The van der Waals surface area contributed by atoms with Crippen LogP contribution in [-0.2, 0) is 17.9 Å². The van der Waals surface area contributed by atoms with Gasteiger partial charge >= 0.3 is 0 Å². The molecule has 4 rings (SSSR count). The van der Waals surface area contributed by atoms with E-state index in [1.54, 1.807) is 6.07 Å². The molecule has 0 saturated carbocycles. The van der Waals surface area contributed by atoms with E-state index in [0.29, 0.717) is 13.1 Å². The van der Waals surface area contributed by atoms with Gasteiger partial charge in [-0.25, -0.2) is 4.39 Å². The molecule has 1 saturated heterocycles. The van der Waals surface area contributed by atoms with Gasteiger partial charge in [-0.2, -0.15) is 5.10 Å². The molecule has 0 atom stereocenters. The molecule has 0 bridgehead atoms. The van der Waals surface area contributed by atoms with Gasteiger partial charge in [0.1, 0.15) is 12.4 Å². The Morgan fingerprint density at radius 1 is 1.20 bits per heavy atom. The van der Waals surface area contributed by atoms with Crippen LogP contribution in [0.3, 0.4) is 0 Å². The second kappa shape index (κ2) is 6.68. The summed E-state index contributed by atoms with van der Waals surface area (Å²) in [7, 11) is 0. The highest BCUT2D eigenvalue weighted by Gasteiger charge is 2.21. The average molecular weight is 341 g/mol. The van der Waals surface area contributed by atoms with Crippen molar-refractivity contribution in [3.63, 3.8) is 0 Å². The van der Waals surface area contributed by atoms with E-state index in [-0.39, 0.29) is 18.3 Å². The van der Waals surface area contributed by atoms with Crippen LogP contribution in [0.2, 0.25) is 0 Å². The number of rotatable bonds is 4. The number of carbonyl (C=O) groups excluding carboxylic acids is 1. The van der Waals surface area contributed by atoms with Crippen molar-refractivity contribution in [1.82, 2.24) is 24.6 Å². The molecule has 0 unspecified atom stereocenters. The third-order valence-electron chi connectivity index (χ3n) is 4.73. The zero-order valence-electron chi connectivity index (χ0n) is 13.9. The first-order valence-corrected chi connectivity index (χ1v) is 8.41. The number of H-pyrrole nitrogens is 1. The summed E-state index contributed by atoms with van der Waals surface area (Å²) in [5.74, 6) is -0.211. The van der Waals surface area contributed by atoms with E-state index in [1.807, 2.05) is 34.1 Å². The first-order chi connectivity index (χ1) is 12.2. The van der Waals surface area contributed by atoms with Crippen LogP contribution >= 0.6 is 0 Å². The summed E-state index contributed by atoms with van der Waals surface area (Å²) in [6.07, 6.45) is 5.57. The first-order valence-electron chi connectivity index (χ1n) is 8.41. The number of nitrogens with one attached hydrogen (secondary N) is 1. The predicted molar refractivity (Wildman–Crippen MR) is 92.3 cm³/mol. The molecule has 130 valence electrons. The molecule has 1 aliphatic rings. The summed E-state index contributed by atoms with van der Waals surface area (Å²) in [6, 6.07) is 6.56. The summed E-state index contributed by atoms with van der Waals surface area (Å²) in [4.78, 5) is 16.8. The largest absolute Gasteiger partial charge is 0.339 e. The number of hydrogen-bond donors (Lipinski definition) is 1. The number of halogens is 1. The zero-order valence-corrected chi connectivity index (χ0v) is 13.9. The minimum absolute atomic E-state index is 0.0738. The van der Waals surface area contributed by atoms with Crippen molar-refractivity contribution in [2.75, 3.05) is 26.2 Å². The molecule has 1 aliphatic heterocycles. The highest BCUT2D eigenvalue weighted by atomic mass is 19.1. The van der Waals surface area contributed by atoms with Crippen LogP contribution in [0.15, 0.2) is 42.9 Å². The van der Waals surface area contributed by atoms with Gasteiger partial charge in [-0.1, -0.05) is 0 Å². The standard InChI is InChI=1S/C18H20FN5O/c19-16-2-1-15-3-4-24(17(15)9-16)13-18(25)23-7-5-22(6-8-23)12-14-10-20-21-11-14/h1-4,9-11H,5-8,12-13H2,(H,20,21). The van der Waals surface area contributed by atoms with Crippen molar-refractivity contribution < 1.29 is 9.18 Å². The Hall–Kier alpha value is -2.67. The molecule has 1 N–H and O–H groups in total. The molecule has 0 radical (unpaired) electrons. The lowest BCUT2D eigenvalue weighted by molar-refractivity contribution is -0.133. The Kier molecular flexibility index (Phi) is 4.23. The normalized spacial score (nSPS) is 15.8. The van der Waals surface area contributed by atoms with E-state index in [0.717, 1.165) is 36.1 Å². The Labute approximate surface area is 144 Å². The zero-order chi connectivity index (χ0) is 17.2. The number of hydrogen-bond acceptors (Lipinski definition) is 3. The topological polar surface area (TPSA) is 57.2 Å². The van der Waals surface area contributed by atoms with Crippen LogP contribution in [0.4, 0.5) is 4.39 Å². The molecule has 25 heavy (non-hydrogen) atoms. The number of aromatic amines is 1. The summed E-state index contributed by atoms with van der Waals surface area (Å²) in [6.45, 7) is 4.21. The van der Waals surface area contributed by atoms with E-state index < -0.39 is 0 Å². The van der Waals surface area contributed by atoms with Crippen LogP contribution in [0.5, 0.6) is 0 Å². The van der Waals surface area contributed by atoms with Crippen LogP contribution in [0.25, 0.3) is 10.9 Å². The van der Waals surface area contributed by atoms with Crippen molar-refractivity contribution in [2.24, 2.45) is 0 Å². The number of aromatic nitrogens is 3. The smallest absolute Gasteiger partial charge is 0.242 e. The van der Waals surface area contributed by atoms with Crippen molar-refractivity contribution in [3.05, 3.63) is 54.2 Å². The Balaban J connectivity index is 1.36. The van der Waals surface area contributed by atoms with E-state index in [2.05, 4.69) is 15.1 Å². The number of nitrogens with zero attached hydrogens (tertiary/aromatic N) is 4. The fourth-order valence-electron chi connectivity index (χ4n) is 3.32. The van der Waals surface area contributed by atoms with Gasteiger partial charge in [0, 0.05) is 50.7 Å². The SMILES string of the molecule is O=C(Cn1ccc2ccc(F)cc21)N1CCN(Cc2cn[nH]c2)CC1. The maximum atomic E-state index is 13.5. The Morgan fingerprint density at radius 3 is 2.80 bits per heavy atom. The Bertz CT molecular complexity index is 865. The molecule has 1 amide bonds. The van der Waals surface area contributed by atoms with E-state index >= 15 is 0 Å². The maximum Gasteiger partial charge on any atom is 0.242 e. The van der Waals surface area contributed by atoms with Crippen LogP contribution in [0, 0.1) is 5.82 Å². The van der Waals surface area contributed by atoms with Gasteiger partial charge in [0.05, 0.1) is 11.7 Å². The van der Waals surface area contributed by atoms with Crippen LogP contribution < -0.4 is 0 Å². The molecule has 2 aromatic heterocycles. The monoisotopic (exact) mass is 341 g/mol. The predicted octanol–water partition coefficient (Wildman–Crippen LogP) is 1.85. The van der Waals surface area contributed by atoms with Crippen molar-refractivity contribution in [2.45, 2.75) is 13.1 Å². The average Bonchev–Trinajstić information content (AvgIpc) is 3.26. The molecule has 1 fully saturated rings. The summed E-state index contributed by atoms with van der Waals surface area (Å²) >= 11 is 0. The molecular weight excluding hydrogens is 321 g/mol. The molecule has 0 spiro atoms. The summed E-state index contributed by atoms with van der Waals surface area (Å²) in [5, 5.41) is 7.72. The van der Waals surface area contributed by atoms with Crippen molar-refractivity contribution in [3.8, 4) is 0 Å². The minimum Gasteiger partial charge on any atom is -0.339 e. The highest BCUT2D eigenvalue weighted by molar-refractivity contribution is 5.83. The molecule has 0 aliphatic carbocycles. The van der Waals surface area contributed by atoms with Crippen molar-refractivity contribution in [1.29, 1.82) is 0 Å². The van der Waals surface area contributed by atoms with E-state index in [1.165, 1.54) is 12.1 Å². The quantitative estimate of drug-likeness (QED) is 0.788. The second-order valence-electron chi connectivity index (χ2n) is 6.41. The van der Waals surface area contributed by atoms with Gasteiger partial charge in [0.2, 0.25) is 5.91 Å². The lowest BCUT2D eigenvalue weighted by Gasteiger charge is -2.34. The van der Waals surface area contributed by atoms with Gasteiger partial charge in [0.25, 0.3) is 0 Å². The van der Waals surface area contributed by atoms with Crippen molar-refractivity contribution >= 4 is 16.8 Å². The minimum atomic E-state index is -0.284. The lowest BCUT2D eigenvalue weighted by atomic mass is 10.2. The fourth-order valence-corrected chi connectivity index (χ4v) is 3.32. The summed E-state index contributed by atoms with van der Waals surface area (Å²) < 4.78 is 15.3. The first kappa shape index (κ1) is 15.8. The highest BCUT2D eigenvalue weighted by Crippen LogP contribution is 2.17. The summed E-state index contributed by atoms with van der Waals surface area (Å²) in [5.41, 5.74) is 1.91. The molecule has 3 aromatic rings. The van der Waals surface area contributed by atoms with Gasteiger partial charge in [-0.15, -0.1) is 0 Å². The number of piperazine rings is 1. The third kappa shape index (κ3) is 3.41. The fraction of sp³-hybridized carbons (Fsp3) is 0.333. The van der Waals surface area contributed by atoms with Gasteiger partial charge < -0.3 is 9.47 Å². The molecular formula is C18H20FN5O. The van der Waals surface area contributed by atoms with Crippen LogP contribution in [-0.4, -0.2) is 56.7 Å². The maximum absolute atomic E-state index is 13.5. The molecule has 6 nitrogen and oxygen atoms in total. The molecule has 7 heteroatoms. The number of fused-ring (bicyclic) bond motifs is 1. The van der Waals surface area contributed by atoms with E-state index in [9.17, 15) is 9.18 Å². The van der Waals surface area contributed by atoms with E-state index in [4.69, 9.17) is 0 Å². The third-order valence-corrected chi connectivity index (χ3v) is 4.73. The number of benzene rings is 1. The lowest BCUT2D eigenvalue weighted by Crippen LogP contribution is -2.49. The van der Waals surface area contributed by atoms with Gasteiger partial charge in [0.15, 0.2) is 0 Å². The second-order valence-corrected chi connectivity index (χ2v) is 6.41. The Morgan fingerprint density at radius 2 is 2.04 bits per heavy atom. The number of carbonyl (C=O) groups is 1. The van der Waals surface area contributed by atoms with Gasteiger partial charge in [-0.05, 0) is 29.7 Å². The van der Waals surface area contributed by atoms with Crippen LogP contribution in [0.1, 0.15) is 5.56 Å². The number of amides is 1. The van der Waals surface area contributed by atoms with Gasteiger partial charge in [-0.3, -0.25) is 14.8 Å². The molecule has 3 heterocycles. The molecule has 1 aromatic carbocycles.